The van der Waals surface area contributed by atoms with Gasteiger partial charge in [0, 0.05) is 22.6 Å². The van der Waals surface area contributed by atoms with E-state index in [4.69, 9.17) is 16.0 Å². The van der Waals surface area contributed by atoms with Gasteiger partial charge in [0.15, 0.2) is 0 Å². The van der Waals surface area contributed by atoms with Crippen molar-refractivity contribution in [2.45, 2.75) is 12.5 Å². The summed E-state index contributed by atoms with van der Waals surface area (Å²) in [5.74, 6) is -0.407. The molecule has 2 aromatic rings. The summed E-state index contributed by atoms with van der Waals surface area (Å²) < 4.78 is 18.3. The van der Waals surface area contributed by atoms with Crippen LogP contribution in [0.15, 0.2) is 41.2 Å². The highest BCUT2D eigenvalue weighted by Gasteiger charge is 2.14. The number of aliphatic hydroxyl groups excluding tert-OH is 1. The van der Waals surface area contributed by atoms with E-state index in [9.17, 15) is 9.50 Å². The zero-order chi connectivity index (χ0) is 11.5. The second kappa shape index (κ2) is 4.68. The average molecular weight is 241 g/mol. The minimum Gasteiger partial charge on any atom is -0.472 e. The Bertz CT molecular complexity index is 448. The molecule has 1 atom stereocenters. The van der Waals surface area contributed by atoms with Gasteiger partial charge in [0.1, 0.15) is 5.82 Å². The fraction of sp³-hybridized carbons (Fsp3) is 0.167. The molecule has 2 nitrogen and oxygen atoms in total. The maximum absolute atomic E-state index is 13.4. The van der Waals surface area contributed by atoms with Gasteiger partial charge in [-0.05, 0) is 18.2 Å². The van der Waals surface area contributed by atoms with Gasteiger partial charge in [0.2, 0.25) is 0 Å². The number of aliphatic hydroxyl groups is 1. The molecular weight excluding hydrogens is 231 g/mol. The average Bonchev–Trinajstić information content (AvgIpc) is 2.76. The first-order valence-corrected chi connectivity index (χ1v) is 5.19. The van der Waals surface area contributed by atoms with Crippen molar-refractivity contribution in [2.24, 2.45) is 0 Å². The number of halogens is 2. The van der Waals surface area contributed by atoms with Crippen molar-refractivity contribution < 1.29 is 13.9 Å². The zero-order valence-electron chi connectivity index (χ0n) is 8.36. The Morgan fingerprint density at radius 2 is 2.19 bits per heavy atom. The molecule has 1 N–H and O–H groups in total. The number of hydrogen-bond acceptors (Lipinski definition) is 2. The van der Waals surface area contributed by atoms with E-state index in [0.717, 1.165) is 0 Å². The Kier molecular flexibility index (Phi) is 3.27. The van der Waals surface area contributed by atoms with Crippen molar-refractivity contribution in [3.63, 3.8) is 0 Å². The van der Waals surface area contributed by atoms with Gasteiger partial charge in [0.25, 0.3) is 0 Å². The molecule has 1 aromatic carbocycles. The maximum atomic E-state index is 13.4. The Balaban J connectivity index is 2.21. The minimum atomic E-state index is -0.812. The molecule has 84 valence electrons. The summed E-state index contributed by atoms with van der Waals surface area (Å²) in [5.41, 5.74) is 0.928. The lowest BCUT2D eigenvalue weighted by Crippen LogP contribution is -2.03. The first-order valence-electron chi connectivity index (χ1n) is 4.81. The number of benzene rings is 1. The van der Waals surface area contributed by atoms with E-state index in [-0.39, 0.29) is 6.42 Å². The molecule has 0 bridgehead atoms. The van der Waals surface area contributed by atoms with E-state index < -0.39 is 11.9 Å². The Hall–Kier alpha value is -1.32. The van der Waals surface area contributed by atoms with Gasteiger partial charge in [-0.3, -0.25) is 0 Å². The van der Waals surface area contributed by atoms with Gasteiger partial charge in [-0.2, -0.15) is 0 Å². The quantitative estimate of drug-likeness (QED) is 0.893. The predicted octanol–water partition coefficient (Wildman–Crippen LogP) is 3.35. The van der Waals surface area contributed by atoms with Crippen molar-refractivity contribution in [1.82, 2.24) is 0 Å². The molecule has 0 aliphatic carbocycles. The lowest BCUT2D eigenvalue weighted by molar-refractivity contribution is 0.176. The zero-order valence-corrected chi connectivity index (χ0v) is 9.12. The summed E-state index contributed by atoms with van der Waals surface area (Å²) in [5, 5.41) is 10.1. The molecule has 4 heteroatoms. The van der Waals surface area contributed by atoms with E-state index in [0.29, 0.717) is 16.1 Å². The topological polar surface area (TPSA) is 33.4 Å². The fourth-order valence-corrected chi connectivity index (χ4v) is 1.74. The van der Waals surface area contributed by atoms with Crippen LogP contribution in [0.2, 0.25) is 5.02 Å². The monoisotopic (exact) mass is 240 g/mol. The first-order chi connectivity index (χ1) is 7.68. The van der Waals surface area contributed by atoms with Crippen LogP contribution in [-0.4, -0.2) is 5.11 Å². The normalized spacial score (nSPS) is 12.7. The van der Waals surface area contributed by atoms with E-state index in [1.165, 1.54) is 24.7 Å². The van der Waals surface area contributed by atoms with Crippen molar-refractivity contribution in [2.75, 3.05) is 0 Å². The van der Waals surface area contributed by atoms with Gasteiger partial charge in [-0.15, -0.1) is 0 Å². The molecule has 0 aliphatic rings. The molecule has 0 saturated carbocycles. The van der Waals surface area contributed by atoms with Crippen LogP contribution in [0.25, 0.3) is 0 Å². The highest BCUT2D eigenvalue weighted by atomic mass is 35.5. The largest absolute Gasteiger partial charge is 0.472 e. The van der Waals surface area contributed by atoms with E-state index >= 15 is 0 Å². The van der Waals surface area contributed by atoms with Crippen molar-refractivity contribution in [3.05, 3.63) is 58.8 Å². The van der Waals surface area contributed by atoms with Crippen LogP contribution in [0.3, 0.4) is 0 Å². The summed E-state index contributed by atoms with van der Waals surface area (Å²) in [6, 6.07) is 6.09. The van der Waals surface area contributed by atoms with E-state index in [1.807, 2.05) is 0 Å². The van der Waals surface area contributed by atoms with Crippen molar-refractivity contribution >= 4 is 11.6 Å². The third kappa shape index (κ3) is 2.26. The van der Waals surface area contributed by atoms with Crippen LogP contribution < -0.4 is 0 Å². The summed E-state index contributed by atoms with van der Waals surface area (Å²) in [4.78, 5) is 0. The Morgan fingerprint density at radius 1 is 1.38 bits per heavy atom. The number of furan rings is 1. The molecule has 16 heavy (non-hydrogen) atoms. The van der Waals surface area contributed by atoms with E-state index in [2.05, 4.69) is 0 Å². The van der Waals surface area contributed by atoms with Crippen LogP contribution in [0.4, 0.5) is 4.39 Å². The van der Waals surface area contributed by atoms with Crippen molar-refractivity contribution in [3.8, 4) is 0 Å². The SMILES string of the molecule is OC(Cc1c(F)cccc1Cl)c1ccoc1. The molecule has 0 saturated heterocycles. The van der Waals surface area contributed by atoms with Crippen LogP contribution in [-0.2, 0) is 6.42 Å². The smallest absolute Gasteiger partial charge is 0.127 e. The summed E-state index contributed by atoms with van der Waals surface area (Å²) in [6.07, 6.45) is 2.21. The van der Waals surface area contributed by atoms with Crippen LogP contribution in [0.1, 0.15) is 17.2 Å². The molecule has 0 spiro atoms. The standard InChI is InChI=1S/C12H10ClFO2/c13-10-2-1-3-11(14)9(10)6-12(15)8-4-5-16-7-8/h1-5,7,12,15H,6H2. The fourth-order valence-electron chi connectivity index (χ4n) is 1.50. The highest BCUT2D eigenvalue weighted by Crippen LogP contribution is 2.25. The number of rotatable bonds is 3. The molecule has 0 fully saturated rings. The second-order valence-electron chi connectivity index (χ2n) is 3.48. The Morgan fingerprint density at radius 3 is 2.81 bits per heavy atom. The molecule has 0 radical (unpaired) electrons. The molecule has 0 aliphatic heterocycles. The van der Waals surface area contributed by atoms with Crippen LogP contribution in [0, 0.1) is 5.82 Å². The molecule has 2 rings (SSSR count). The lowest BCUT2D eigenvalue weighted by atomic mass is 10.0. The third-order valence-corrected chi connectivity index (χ3v) is 2.74. The van der Waals surface area contributed by atoms with Gasteiger partial charge < -0.3 is 9.52 Å². The maximum Gasteiger partial charge on any atom is 0.127 e. The lowest BCUT2D eigenvalue weighted by Gasteiger charge is -2.10. The van der Waals surface area contributed by atoms with E-state index in [1.54, 1.807) is 12.1 Å². The highest BCUT2D eigenvalue weighted by molar-refractivity contribution is 6.31. The third-order valence-electron chi connectivity index (χ3n) is 2.39. The summed E-state index contributed by atoms with van der Waals surface area (Å²) in [6.45, 7) is 0. The summed E-state index contributed by atoms with van der Waals surface area (Å²) in [7, 11) is 0. The predicted molar refractivity (Wildman–Crippen MR) is 58.8 cm³/mol. The Labute approximate surface area is 97.3 Å². The van der Waals surface area contributed by atoms with Crippen LogP contribution in [0.5, 0.6) is 0 Å². The first kappa shape index (κ1) is 11.2. The molecule has 0 amide bonds. The molecule has 1 unspecified atom stereocenters. The summed E-state index contributed by atoms with van der Waals surface area (Å²) >= 11 is 5.86. The van der Waals surface area contributed by atoms with Gasteiger partial charge in [-0.25, -0.2) is 4.39 Å². The molecule has 1 heterocycles. The van der Waals surface area contributed by atoms with Gasteiger partial charge in [-0.1, -0.05) is 17.7 Å². The van der Waals surface area contributed by atoms with Crippen molar-refractivity contribution in [1.29, 1.82) is 0 Å². The van der Waals surface area contributed by atoms with Gasteiger partial charge >= 0.3 is 0 Å². The molecular formula is C12H10ClFO2. The minimum absolute atomic E-state index is 0.130. The van der Waals surface area contributed by atoms with Gasteiger partial charge in [0.05, 0.1) is 18.6 Å². The second-order valence-corrected chi connectivity index (χ2v) is 3.88. The molecule has 1 aromatic heterocycles. The number of hydrogen-bond donors (Lipinski definition) is 1. The van der Waals surface area contributed by atoms with Crippen LogP contribution >= 0.6 is 11.6 Å².